The average Bonchev–Trinajstić information content (AvgIpc) is 2.68. The van der Waals surface area contributed by atoms with E-state index in [2.05, 4.69) is 4.98 Å². The molecule has 1 aliphatic heterocycles. The number of H-pyrrole nitrogens is 1. The normalized spacial score (nSPS) is 15.5. The summed E-state index contributed by atoms with van der Waals surface area (Å²) in [6.07, 6.45) is 1.65. The minimum absolute atomic E-state index is 0.0838. The SMILES string of the molecule is CC(=O)c1cccc(S(=O)(=O)N2CCN(C(=O)c3ccc[nH]c3=S)CC2)c1. The number of sulfonamides is 1. The maximum atomic E-state index is 12.9. The summed E-state index contributed by atoms with van der Waals surface area (Å²) in [7, 11) is -3.72. The average molecular weight is 406 g/mol. The first-order chi connectivity index (χ1) is 12.8. The Morgan fingerprint density at radius 3 is 2.41 bits per heavy atom. The van der Waals surface area contributed by atoms with Crippen LogP contribution in [0.15, 0.2) is 47.5 Å². The van der Waals surface area contributed by atoms with Gasteiger partial charge in [0.05, 0.1) is 10.5 Å². The summed E-state index contributed by atoms with van der Waals surface area (Å²) >= 11 is 5.14. The summed E-state index contributed by atoms with van der Waals surface area (Å²) in [6.45, 7) is 2.30. The van der Waals surface area contributed by atoms with Gasteiger partial charge in [0.25, 0.3) is 5.91 Å². The zero-order valence-corrected chi connectivity index (χ0v) is 16.3. The largest absolute Gasteiger partial charge is 0.352 e. The third-order valence-corrected chi connectivity index (χ3v) is 6.69. The van der Waals surface area contributed by atoms with Crippen molar-refractivity contribution in [1.29, 1.82) is 0 Å². The standard InChI is InChI=1S/C18H19N3O4S2/c1-13(22)14-4-2-5-15(12-14)27(24,25)21-10-8-20(9-11-21)18(23)16-6-3-7-19-17(16)26/h2-7,12H,8-11H2,1H3,(H,19,26). The van der Waals surface area contributed by atoms with Gasteiger partial charge in [-0.15, -0.1) is 0 Å². The van der Waals surface area contributed by atoms with Gasteiger partial charge in [-0.1, -0.05) is 24.4 Å². The summed E-state index contributed by atoms with van der Waals surface area (Å²) in [6, 6.07) is 9.35. The molecular weight excluding hydrogens is 386 g/mol. The molecule has 0 aliphatic carbocycles. The topological polar surface area (TPSA) is 90.6 Å². The highest BCUT2D eigenvalue weighted by atomic mass is 32.2. The van der Waals surface area contributed by atoms with Gasteiger partial charge in [-0.25, -0.2) is 8.42 Å². The first kappa shape index (κ1) is 19.4. The summed E-state index contributed by atoms with van der Waals surface area (Å²) < 4.78 is 27.4. The number of Topliss-reactive ketones (excluding diaryl/α,β-unsaturated/α-hetero) is 1. The third-order valence-electron chi connectivity index (χ3n) is 4.45. The van der Waals surface area contributed by atoms with E-state index in [9.17, 15) is 18.0 Å². The van der Waals surface area contributed by atoms with Crippen LogP contribution in [0, 0.1) is 4.64 Å². The summed E-state index contributed by atoms with van der Waals surface area (Å²) in [4.78, 5) is 28.6. The van der Waals surface area contributed by atoms with Gasteiger partial charge in [0.1, 0.15) is 4.64 Å². The fourth-order valence-corrected chi connectivity index (χ4v) is 4.61. The van der Waals surface area contributed by atoms with Crippen molar-refractivity contribution in [2.45, 2.75) is 11.8 Å². The number of piperazine rings is 1. The Morgan fingerprint density at radius 2 is 1.78 bits per heavy atom. The maximum Gasteiger partial charge on any atom is 0.256 e. The lowest BCUT2D eigenvalue weighted by molar-refractivity contribution is 0.0696. The number of nitrogens with zero attached hydrogens (tertiary/aromatic N) is 2. The van der Waals surface area contributed by atoms with Crippen molar-refractivity contribution in [2.75, 3.05) is 26.2 Å². The number of rotatable bonds is 4. The number of aromatic nitrogens is 1. The molecule has 0 spiro atoms. The van der Waals surface area contributed by atoms with E-state index in [1.54, 1.807) is 35.4 Å². The smallest absolute Gasteiger partial charge is 0.256 e. The molecule has 0 bridgehead atoms. The Kier molecular flexibility index (Phi) is 5.54. The van der Waals surface area contributed by atoms with E-state index in [-0.39, 0.29) is 42.8 Å². The fourth-order valence-electron chi connectivity index (χ4n) is 2.92. The molecule has 1 aromatic heterocycles. The molecule has 1 N–H and O–H groups in total. The molecule has 1 aliphatic rings. The highest BCUT2D eigenvalue weighted by Gasteiger charge is 2.31. The molecule has 0 unspecified atom stereocenters. The predicted octanol–water partition coefficient (Wildman–Crippen LogP) is 2.09. The summed E-state index contributed by atoms with van der Waals surface area (Å²) in [5, 5.41) is 0. The molecule has 9 heteroatoms. The van der Waals surface area contributed by atoms with Crippen LogP contribution >= 0.6 is 12.2 Å². The molecule has 1 aromatic carbocycles. The molecule has 142 valence electrons. The molecule has 3 rings (SSSR count). The molecule has 1 fully saturated rings. The number of pyridine rings is 1. The van der Waals surface area contributed by atoms with Crippen LogP contribution in [0.1, 0.15) is 27.6 Å². The lowest BCUT2D eigenvalue weighted by Gasteiger charge is -2.34. The Bertz CT molecular complexity index is 1040. The van der Waals surface area contributed by atoms with Gasteiger partial charge in [0, 0.05) is 37.9 Å². The Balaban J connectivity index is 1.74. The van der Waals surface area contributed by atoms with Crippen LogP contribution < -0.4 is 0 Å². The van der Waals surface area contributed by atoms with Crippen LogP contribution in [-0.4, -0.2) is 60.5 Å². The van der Waals surface area contributed by atoms with Gasteiger partial charge in [-0.3, -0.25) is 9.59 Å². The van der Waals surface area contributed by atoms with Crippen LogP contribution in [-0.2, 0) is 10.0 Å². The molecule has 0 radical (unpaired) electrons. The number of hydrogen-bond donors (Lipinski definition) is 1. The second-order valence-corrected chi connectivity index (χ2v) is 8.54. The lowest BCUT2D eigenvalue weighted by atomic mass is 10.2. The maximum absolute atomic E-state index is 12.9. The summed E-state index contributed by atoms with van der Waals surface area (Å²) in [5.74, 6) is -0.408. The van der Waals surface area contributed by atoms with E-state index in [0.717, 1.165) is 0 Å². The van der Waals surface area contributed by atoms with Gasteiger partial charge in [0.2, 0.25) is 10.0 Å². The molecule has 1 amide bonds. The van der Waals surface area contributed by atoms with Gasteiger partial charge in [0.15, 0.2) is 5.78 Å². The van der Waals surface area contributed by atoms with Crippen molar-refractivity contribution in [3.8, 4) is 0 Å². The van der Waals surface area contributed by atoms with Gasteiger partial charge < -0.3 is 9.88 Å². The van der Waals surface area contributed by atoms with Crippen molar-refractivity contribution in [3.63, 3.8) is 0 Å². The van der Waals surface area contributed by atoms with E-state index in [0.29, 0.717) is 15.8 Å². The minimum Gasteiger partial charge on any atom is -0.352 e. The molecule has 27 heavy (non-hydrogen) atoms. The van der Waals surface area contributed by atoms with Crippen molar-refractivity contribution < 1.29 is 18.0 Å². The van der Waals surface area contributed by atoms with Crippen molar-refractivity contribution >= 4 is 33.9 Å². The highest BCUT2D eigenvalue weighted by Crippen LogP contribution is 2.20. The molecule has 2 aromatic rings. The number of nitrogens with one attached hydrogen (secondary N) is 1. The van der Waals surface area contributed by atoms with Crippen LogP contribution in [0.2, 0.25) is 0 Å². The Labute approximate surface area is 162 Å². The van der Waals surface area contributed by atoms with Gasteiger partial charge in [-0.2, -0.15) is 4.31 Å². The Morgan fingerprint density at radius 1 is 1.07 bits per heavy atom. The van der Waals surface area contributed by atoms with E-state index in [1.807, 2.05) is 0 Å². The number of benzene rings is 1. The van der Waals surface area contributed by atoms with E-state index >= 15 is 0 Å². The third kappa shape index (κ3) is 4.00. The van der Waals surface area contributed by atoms with E-state index < -0.39 is 10.0 Å². The van der Waals surface area contributed by atoms with Crippen LogP contribution in [0.25, 0.3) is 0 Å². The first-order valence-corrected chi connectivity index (χ1v) is 10.2. The molecule has 7 nitrogen and oxygen atoms in total. The second kappa shape index (κ2) is 7.71. The van der Waals surface area contributed by atoms with Crippen molar-refractivity contribution in [3.05, 3.63) is 58.4 Å². The monoisotopic (exact) mass is 405 g/mol. The van der Waals surface area contributed by atoms with Crippen LogP contribution in [0.4, 0.5) is 0 Å². The number of hydrogen-bond acceptors (Lipinski definition) is 5. The summed E-state index contributed by atoms with van der Waals surface area (Å²) in [5.41, 5.74) is 0.751. The highest BCUT2D eigenvalue weighted by molar-refractivity contribution is 7.89. The number of ketones is 1. The fraction of sp³-hybridized carbons (Fsp3) is 0.278. The van der Waals surface area contributed by atoms with Crippen LogP contribution in [0.5, 0.6) is 0 Å². The molecule has 0 saturated carbocycles. The lowest BCUT2D eigenvalue weighted by Crippen LogP contribution is -2.50. The van der Waals surface area contributed by atoms with Crippen molar-refractivity contribution in [2.24, 2.45) is 0 Å². The second-order valence-electron chi connectivity index (χ2n) is 6.19. The predicted molar refractivity (Wildman–Crippen MR) is 103 cm³/mol. The first-order valence-electron chi connectivity index (χ1n) is 8.39. The number of carbonyl (C=O) groups is 2. The van der Waals surface area contributed by atoms with Crippen molar-refractivity contribution in [1.82, 2.24) is 14.2 Å². The number of aromatic amines is 1. The Hall–Kier alpha value is -2.36. The quantitative estimate of drug-likeness (QED) is 0.621. The van der Waals surface area contributed by atoms with Crippen LogP contribution in [0.3, 0.4) is 0 Å². The molecule has 0 atom stereocenters. The zero-order chi connectivity index (χ0) is 19.6. The van der Waals surface area contributed by atoms with E-state index in [1.165, 1.54) is 23.4 Å². The molecule has 1 saturated heterocycles. The number of carbonyl (C=O) groups excluding carboxylic acids is 2. The van der Waals surface area contributed by atoms with Gasteiger partial charge in [-0.05, 0) is 31.2 Å². The minimum atomic E-state index is -3.72. The molecular formula is C18H19N3O4S2. The van der Waals surface area contributed by atoms with E-state index in [4.69, 9.17) is 12.2 Å². The molecule has 2 heterocycles. The zero-order valence-electron chi connectivity index (χ0n) is 14.7. The number of amides is 1. The van der Waals surface area contributed by atoms with Gasteiger partial charge >= 0.3 is 0 Å².